The highest BCUT2D eigenvalue weighted by Gasteiger charge is 2.39. The highest BCUT2D eigenvalue weighted by Crippen LogP contribution is 2.30. The van der Waals surface area contributed by atoms with Gasteiger partial charge in [-0.1, -0.05) is 29.8 Å². The zero-order valence-electron chi connectivity index (χ0n) is 15.7. The molecule has 2 amide bonds. The van der Waals surface area contributed by atoms with Crippen molar-refractivity contribution in [2.75, 3.05) is 13.1 Å². The molecule has 0 unspecified atom stereocenters. The van der Waals surface area contributed by atoms with Gasteiger partial charge in [0.2, 0.25) is 0 Å². The van der Waals surface area contributed by atoms with E-state index in [0.29, 0.717) is 28.5 Å². The van der Waals surface area contributed by atoms with Gasteiger partial charge in [-0.2, -0.15) is 0 Å². The van der Waals surface area contributed by atoms with E-state index in [9.17, 15) is 14.0 Å². The van der Waals surface area contributed by atoms with E-state index in [0.717, 1.165) is 0 Å². The molecule has 6 nitrogen and oxygen atoms in total. The number of aromatic nitrogens is 2. The molecular formula is C21H20ClFN4O2. The molecule has 3 heterocycles. The van der Waals surface area contributed by atoms with Gasteiger partial charge in [0.05, 0.1) is 11.1 Å². The van der Waals surface area contributed by atoms with E-state index in [4.69, 9.17) is 11.6 Å². The highest BCUT2D eigenvalue weighted by molar-refractivity contribution is 6.30. The maximum Gasteiger partial charge on any atom is 0.270 e. The summed E-state index contributed by atoms with van der Waals surface area (Å²) < 4.78 is 16.2. The van der Waals surface area contributed by atoms with Gasteiger partial charge in [0.15, 0.2) is 0 Å². The molecule has 0 spiro atoms. The predicted molar refractivity (Wildman–Crippen MR) is 108 cm³/mol. The lowest BCUT2D eigenvalue weighted by molar-refractivity contribution is 0.0773. The molecule has 1 fully saturated rings. The maximum absolute atomic E-state index is 14.5. The zero-order chi connectivity index (χ0) is 20.5. The molecule has 4 rings (SSSR count). The van der Waals surface area contributed by atoms with Gasteiger partial charge in [0, 0.05) is 38.4 Å². The zero-order valence-corrected chi connectivity index (χ0v) is 16.5. The molecular weight excluding hydrogens is 395 g/mol. The van der Waals surface area contributed by atoms with Crippen LogP contribution < -0.4 is 5.32 Å². The number of hydrogen-bond donors (Lipinski definition) is 2. The van der Waals surface area contributed by atoms with Gasteiger partial charge in [-0.3, -0.25) is 9.59 Å². The van der Waals surface area contributed by atoms with Crippen molar-refractivity contribution in [2.45, 2.75) is 12.0 Å². The monoisotopic (exact) mass is 414 g/mol. The van der Waals surface area contributed by atoms with Gasteiger partial charge in [-0.25, -0.2) is 4.39 Å². The number of benzene rings is 1. The summed E-state index contributed by atoms with van der Waals surface area (Å²) in [4.78, 5) is 30.1. The first kappa shape index (κ1) is 19.3. The van der Waals surface area contributed by atoms with E-state index in [-0.39, 0.29) is 30.1 Å². The summed E-state index contributed by atoms with van der Waals surface area (Å²) in [7, 11) is 1.80. The molecule has 2 aromatic heterocycles. The maximum atomic E-state index is 14.5. The van der Waals surface area contributed by atoms with Crippen LogP contribution in [0.1, 0.15) is 32.5 Å². The molecule has 8 heteroatoms. The van der Waals surface area contributed by atoms with Crippen LogP contribution in [0.25, 0.3) is 0 Å². The Bertz CT molecular complexity index is 1060. The number of rotatable bonds is 4. The molecule has 0 saturated carbocycles. The third-order valence-electron chi connectivity index (χ3n) is 5.28. The van der Waals surface area contributed by atoms with Crippen LogP contribution in [-0.2, 0) is 7.05 Å². The fourth-order valence-electron chi connectivity index (χ4n) is 3.80. The standard InChI is InChI=1S/C21H20ClFN4O2/c1-26-8-4-7-19(26)21(29)27-11-15(14-5-2-3-6-16(14)23)18(12-27)25-20(28)17-9-13(22)10-24-17/h2-10,15,18,24H,11-12H2,1H3,(H,25,28)/t15-,18+/m0/s1. The Hall–Kier alpha value is -3.06. The minimum Gasteiger partial charge on any atom is -0.356 e. The van der Waals surface area contributed by atoms with Crippen molar-refractivity contribution in [3.8, 4) is 0 Å². The van der Waals surface area contributed by atoms with E-state index in [2.05, 4.69) is 10.3 Å². The van der Waals surface area contributed by atoms with Crippen LogP contribution >= 0.6 is 11.6 Å². The Balaban J connectivity index is 1.61. The van der Waals surface area contributed by atoms with Crippen LogP contribution in [0.3, 0.4) is 0 Å². The lowest BCUT2D eigenvalue weighted by Crippen LogP contribution is -2.40. The molecule has 29 heavy (non-hydrogen) atoms. The average Bonchev–Trinajstić information content (AvgIpc) is 3.42. The Morgan fingerprint density at radius 1 is 1.21 bits per heavy atom. The van der Waals surface area contributed by atoms with E-state index in [1.165, 1.54) is 18.3 Å². The lowest BCUT2D eigenvalue weighted by atomic mass is 9.93. The number of nitrogens with one attached hydrogen (secondary N) is 2. The van der Waals surface area contributed by atoms with Crippen LogP contribution in [0.2, 0.25) is 5.02 Å². The smallest absolute Gasteiger partial charge is 0.270 e. The number of aryl methyl sites for hydroxylation is 1. The second-order valence-corrected chi connectivity index (χ2v) is 7.59. The second-order valence-electron chi connectivity index (χ2n) is 7.15. The van der Waals surface area contributed by atoms with Crippen molar-refractivity contribution in [3.05, 3.63) is 82.6 Å². The molecule has 3 aromatic rings. The molecule has 1 aliphatic rings. The summed E-state index contributed by atoms with van der Waals surface area (Å²) in [6.07, 6.45) is 3.32. The van der Waals surface area contributed by atoms with Crippen molar-refractivity contribution in [1.29, 1.82) is 0 Å². The SMILES string of the molecule is Cn1cccc1C(=O)N1C[C@@H](NC(=O)c2cc(Cl)c[nH]2)[C@H](c2ccccc2F)C1. The summed E-state index contributed by atoms with van der Waals surface area (Å²) in [5.41, 5.74) is 1.33. The number of carbonyl (C=O) groups is 2. The first-order valence-corrected chi connectivity index (χ1v) is 9.61. The van der Waals surface area contributed by atoms with Crippen LogP contribution in [0, 0.1) is 5.82 Å². The van der Waals surface area contributed by atoms with Crippen molar-refractivity contribution in [2.24, 2.45) is 7.05 Å². The average molecular weight is 415 g/mol. The third-order valence-corrected chi connectivity index (χ3v) is 5.50. The number of carbonyl (C=O) groups excluding carboxylic acids is 2. The van der Waals surface area contributed by atoms with Gasteiger partial charge in [-0.05, 0) is 29.8 Å². The first-order chi connectivity index (χ1) is 13.9. The van der Waals surface area contributed by atoms with Crippen molar-refractivity contribution in [1.82, 2.24) is 19.8 Å². The van der Waals surface area contributed by atoms with E-state index >= 15 is 0 Å². The highest BCUT2D eigenvalue weighted by atomic mass is 35.5. The summed E-state index contributed by atoms with van der Waals surface area (Å²) in [6.45, 7) is 0.588. The summed E-state index contributed by atoms with van der Waals surface area (Å²) >= 11 is 5.89. The van der Waals surface area contributed by atoms with E-state index in [1.54, 1.807) is 53.0 Å². The fourth-order valence-corrected chi connectivity index (χ4v) is 3.96. The molecule has 150 valence electrons. The van der Waals surface area contributed by atoms with Crippen LogP contribution in [0.5, 0.6) is 0 Å². The molecule has 0 aliphatic carbocycles. The topological polar surface area (TPSA) is 70.1 Å². The van der Waals surface area contributed by atoms with E-state index in [1.807, 2.05) is 0 Å². The van der Waals surface area contributed by atoms with Crippen molar-refractivity contribution < 1.29 is 14.0 Å². The second kappa shape index (κ2) is 7.75. The number of nitrogens with zero attached hydrogens (tertiary/aromatic N) is 2. The Morgan fingerprint density at radius 2 is 2.00 bits per heavy atom. The van der Waals surface area contributed by atoms with Gasteiger partial charge in [0.1, 0.15) is 17.2 Å². The molecule has 1 aliphatic heterocycles. The Labute approximate surface area is 172 Å². The third kappa shape index (κ3) is 3.78. The minimum absolute atomic E-state index is 0.154. The number of amides is 2. The van der Waals surface area contributed by atoms with E-state index < -0.39 is 6.04 Å². The molecule has 2 N–H and O–H groups in total. The van der Waals surface area contributed by atoms with Crippen molar-refractivity contribution >= 4 is 23.4 Å². The summed E-state index contributed by atoms with van der Waals surface area (Å²) in [5, 5.41) is 3.36. The summed E-state index contributed by atoms with van der Waals surface area (Å²) in [5.74, 6) is -1.22. The van der Waals surface area contributed by atoms with Gasteiger partial charge in [-0.15, -0.1) is 0 Å². The minimum atomic E-state index is -0.439. The molecule has 1 aromatic carbocycles. The fraction of sp³-hybridized carbons (Fsp3) is 0.238. The van der Waals surface area contributed by atoms with Crippen LogP contribution in [-0.4, -0.2) is 45.4 Å². The molecule has 1 saturated heterocycles. The lowest BCUT2D eigenvalue weighted by Gasteiger charge is -2.20. The number of aromatic amines is 1. The normalized spacial score (nSPS) is 18.8. The van der Waals surface area contributed by atoms with Crippen LogP contribution in [0.4, 0.5) is 4.39 Å². The van der Waals surface area contributed by atoms with Crippen molar-refractivity contribution in [3.63, 3.8) is 0 Å². The Morgan fingerprint density at radius 3 is 2.66 bits per heavy atom. The Kier molecular flexibility index (Phi) is 5.15. The quantitative estimate of drug-likeness (QED) is 0.688. The van der Waals surface area contributed by atoms with Crippen LogP contribution in [0.15, 0.2) is 54.9 Å². The summed E-state index contributed by atoms with van der Waals surface area (Å²) in [6, 6.07) is 11.1. The number of hydrogen-bond acceptors (Lipinski definition) is 2. The van der Waals surface area contributed by atoms with Gasteiger partial charge >= 0.3 is 0 Å². The van der Waals surface area contributed by atoms with Gasteiger partial charge in [0.25, 0.3) is 11.8 Å². The molecule has 2 atom stereocenters. The number of halogens is 2. The molecule has 0 bridgehead atoms. The predicted octanol–water partition coefficient (Wildman–Crippen LogP) is 3.18. The number of likely N-dealkylation sites (tertiary alicyclic amines) is 1. The van der Waals surface area contributed by atoms with Gasteiger partial charge < -0.3 is 19.8 Å². The largest absolute Gasteiger partial charge is 0.356 e. The number of H-pyrrole nitrogens is 1. The first-order valence-electron chi connectivity index (χ1n) is 9.24. The molecule has 0 radical (unpaired) electrons.